The zero-order chi connectivity index (χ0) is 17.6. The van der Waals surface area contributed by atoms with E-state index >= 15 is 0 Å². The summed E-state index contributed by atoms with van der Waals surface area (Å²) in [5, 5.41) is 9.11. The molecule has 0 N–H and O–H groups in total. The Hall–Kier alpha value is -1.42. The molecule has 0 aromatic rings. The molecule has 2 fully saturated rings. The predicted molar refractivity (Wildman–Crippen MR) is 93.5 cm³/mol. The summed E-state index contributed by atoms with van der Waals surface area (Å²) in [5.74, 6) is 0.0251. The van der Waals surface area contributed by atoms with E-state index in [9.17, 15) is 4.79 Å². The summed E-state index contributed by atoms with van der Waals surface area (Å²) >= 11 is 0. The quantitative estimate of drug-likeness (QED) is 0.721. The maximum atomic E-state index is 12.5. The molecule has 2 aliphatic rings. The van der Waals surface area contributed by atoms with Gasteiger partial charge in [-0.1, -0.05) is 6.08 Å². The van der Waals surface area contributed by atoms with Crippen LogP contribution in [0.2, 0.25) is 0 Å². The van der Waals surface area contributed by atoms with E-state index in [1.807, 2.05) is 11.0 Å². The third kappa shape index (κ3) is 5.30. The molecule has 0 aromatic heterocycles. The topological polar surface area (TPSA) is 59.8 Å². The smallest absolute Gasteiger partial charge is 0.246 e. The zero-order valence-corrected chi connectivity index (χ0v) is 15.2. The van der Waals surface area contributed by atoms with Crippen molar-refractivity contribution in [1.29, 1.82) is 5.26 Å². The lowest BCUT2D eigenvalue weighted by molar-refractivity contribution is -0.131. The van der Waals surface area contributed by atoms with Crippen molar-refractivity contribution in [3.63, 3.8) is 0 Å². The molecule has 1 atom stereocenters. The maximum absolute atomic E-state index is 12.5. The highest BCUT2D eigenvalue weighted by Gasteiger charge is 2.33. The molecule has 0 aliphatic carbocycles. The van der Waals surface area contributed by atoms with E-state index in [4.69, 9.17) is 10.00 Å². The first-order valence-electron chi connectivity index (χ1n) is 8.81. The van der Waals surface area contributed by atoms with Crippen LogP contribution in [-0.2, 0) is 9.53 Å². The summed E-state index contributed by atoms with van der Waals surface area (Å²) in [6.07, 6.45) is 4.00. The van der Waals surface area contributed by atoms with Crippen LogP contribution in [-0.4, -0.2) is 84.7 Å². The second kappa shape index (κ2) is 8.61. The molecule has 0 unspecified atom stereocenters. The number of carbonyl (C=O) groups excluding carboxylic acids is 1. The van der Waals surface area contributed by atoms with Crippen molar-refractivity contribution in [2.24, 2.45) is 0 Å². The first-order valence-corrected chi connectivity index (χ1v) is 8.81. The van der Waals surface area contributed by atoms with Crippen molar-refractivity contribution in [1.82, 2.24) is 14.7 Å². The summed E-state index contributed by atoms with van der Waals surface area (Å²) in [5.41, 5.74) is 0.0645. The van der Waals surface area contributed by atoms with E-state index in [1.54, 1.807) is 6.08 Å². The molecule has 24 heavy (non-hydrogen) atoms. The van der Waals surface area contributed by atoms with E-state index < -0.39 is 0 Å². The van der Waals surface area contributed by atoms with Gasteiger partial charge >= 0.3 is 0 Å². The van der Waals surface area contributed by atoms with Crippen LogP contribution >= 0.6 is 0 Å². The molecule has 0 radical (unpaired) electrons. The van der Waals surface area contributed by atoms with Crippen LogP contribution in [0.5, 0.6) is 0 Å². The normalized spacial score (nSPS) is 24.2. The van der Waals surface area contributed by atoms with E-state index in [1.165, 1.54) is 0 Å². The van der Waals surface area contributed by atoms with E-state index in [-0.39, 0.29) is 17.5 Å². The molecule has 1 amide bonds. The van der Waals surface area contributed by atoms with Gasteiger partial charge in [0, 0.05) is 50.9 Å². The van der Waals surface area contributed by atoms with Gasteiger partial charge in [-0.3, -0.25) is 14.6 Å². The summed E-state index contributed by atoms with van der Waals surface area (Å²) in [7, 11) is 0. The molecule has 6 nitrogen and oxygen atoms in total. The van der Waals surface area contributed by atoms with Crippen LogP contribution in [0, 0.1) is 11.3 Å². The van der Waals surface area contributed by atoms with Crippen molar-refractivity contribution in [3.8, 4) is 6.07 Å². The maximum Gasteiger partial charge on any atom is 0.246 e. The molecule has 0 bridgehead atoms. The molecule has 2 heterocycles. The third-order valence-corrected chi connectivity index (χ3v) is 4.77. The average molecular weight is 334 g/mol. The van der Waals surface area contributed by atoms with E-state index in [2.05, 4.69) is 36.6 Å². The first kappa shape index (κ1) is 18.9. The molecule has 134 valence electrons. The fourth-order valence-corrected chi connectivity index (χ4v) is 3.22. The van der Waals surface area contributed by atoms with Gasteiger partial charge in [-0.15, -0.1) is 0 Å². The van der Waals surface area contributed by atoms with Crippen LogP contribution in [0.3, 0.4) is 0 Å². The van der Waals surface area contributed by atoms with Crippen molar-refractivity contribution in [3.05, 3.63) is 12.2 Å². The van der Waals surface area contributed by atoms with Gasteiger partial charge in [0.2, 0.25) is 5.91 Å². The minimum Gasteiger partial charge on any atom is -0.379 e. The SMILES string of the molecule is CC(C)(C)N1CCN(C(=O)/C=C/CN2CCOCC2)[C@@H](CC#N)C1. The van der Waals surface area contributed by atoms with Gasteiger partial charge in [0.25, 0.3) is 0 Å². The third-order valence-electron chi connectivity index (χ3n) is 4.77. The van der Waals surface area contributed by atoms with Crippen LogP contribution in [0.4, 0.5) is 0 Å². The monoisotopic (exact) mass is 334 g/mol. The molecule has 2 aliphatic heterocycles. The number of carbonyl (C=O) groups is 1. The highest BCUT2D eigenvalue weighted by atomic mass is 16.5. The number of piperazine rings is 1. The summed E-state index contributed by atoms with van der Waals surface area (Å²) < 4.78 is 5.32. The lowest BCUT2D eigenvalue weighted by Gasteiger charge is -2.46. The van der Waals surface area contributed by atoms with Crippen LogP contribution in [0.1, 0.15) is 27.2 Å². The average Bonchev–Trinajstić information content (AvgIpc) is 2.55. The van der Waals surface area contributed by atoms with Gasteiger partial charge in [0.05, 0.1) is 31.7 Å². The fraction of sp³-hybridized carbons (Fsp3) is 0.778. The molecular formula is C18H30N4O2. The van der Waals surface area contributed by atoms with Gasteiger partial charge < -0.3 is 9.64 Å². The second-order valence-electron chi connectivity index (χ2n) is 7.48. The minimum atomic E-state index is -0.0245. The van der Waals surface area contributed by atoms with Gasteiger partial charge in [0.15, 0.2) is 0 Å². The van der Waals surface area contributed by atoms with Crippen LogP contribution in [0.15, 0.2) is 12.2 Å². The van der Waals surface area contributed by atoms with Gasteiger partial charge in [-0.2, -0.15) is 5.26 Å². The number of hydrogen-bond donors (Lipinski definition) is 0. The number of amides is 1. The summed E-state index contributed by atoms with van der Waals surface area (Å²) in [6.45, 7) is 13.0. The summed E-state index contributed by atoms with van der Waals surface area (Å²) in [6, 6.07) is 2.21. The Morgan fingerprint density at radius 2 is 1.96 bits per heavy atom. The van der Waals surface area contributed by atoms with E-state index in [0.717, 1.165) is 45.9 Å². The van der Waals surface area contributed by atoms with Crippen molar-refractivity contribution in [2.75, 3.05) is 52.5 Å². The second-order valence-corrected chi connectivity index (χ2v) is 7.48. The Bertz CT molecular complexity index is 486. The van der Waals surface area contributed by atoms with Crippen molar-refractivity contribution in [2.45, 2.75) is 38.8 Å². The Balaban J connectivity index is 1.90. The highest BCUT2D eigenvalue weighted by Crippen LogP contribution is 2.21. The standard InChI is InChI=1S/C18H30N4O2/c1-18(2,3)21-9-10-22(16(15-21)6-7-19)17(23)5-4-8-20-11-13-24-14-12-20/h4-5,16H,6,8-15H2,1-3H3/b5-4+/t16-/m0/s1. The van der Waals surface area contributed by atoms with Crippen molar-refractivity contribution >= 4 is 5.91 Å². The van der Waals surface area contributed by atoms with Gasteiger partial charge in [-0.05, 0) is 20.8 Å². The Morgan fingerprint density at radius 3 is 2.58 bits per heavy atom. The molecule has 0 aromatic carbocycles. The molecule has 0 saturated carbocycles. The number of rotatable bonds is 4. The largest absolute Gasteiger partial charge is 0.379 e. The lowest BCUT2D eigenvalue weighted by Crippen LogP contribution is -2.59. The Kier molecular flexibility index (Phi) is 6.79. The molecular weight excluding hydrogens is 304 g/mol. The number of nitrogens with zero attached hydrogens (tertiary/aromatic N) is 4. The Morgan fingerprint density at radius 1 is 1.25 bits per heavy atom. The van der Waals surface area contributed by atoms with Gasteiger partial charge in [-0.25, -0.2) is 0 Å². The molecule has 2 saturated heterocycles. The number of nitriles is 1. The highest BCUT2D eigenvalue weighted by molar-refractivity contribution is 5.88. The van der Waals surface area contributed by atoms with Crippen LogP contribution < -0.4 is 0 Å². The minimum absolute atomic E-state index is 0.0245. The van der Waals surface area contributed by atoms with E-state index in [0.29, 0.717) is 13.0 Å². The van der Waals surface area contributed by atoms with Gasteiger partial charge in [0.1, 0.15) is 0 Å². The van der Waals surface area contributed by atoms with Crippen molar-refractivity contribution < 1.29 is 9.53 Å². The molecule has 6 heteroatoms. The lowest BCUT2D eigenvalue weighted by atomic mass is 10.0. The first-order chi connectivity index (χ1) is 11.4. The number of ether oxygens (including phenoxy) is 1. The zero-order valence-electron chi connectivity index (χ0n) is 15.2. The fourth-order valence-electron chi connectivity index (χ4n) is 3.22. The Labute approximate surface area is 145 Å². The molecule has 0 spiro atoms. The predicted octanol–water partition coefficient (Wildman–Crippen LogP) is 1.10. The number of hydrogen-bond acceptors (Lipinski definition) is 5. The summed E-state index contributed by atoms with van der Waals surface area (Å²) in [4.78, 5) is 19.0. The van der Waals surface area contributed by atoms with Crippen LogP contribution in [0.25, 0.3) is 0 Å². The molecule has 2 rings (SSSR count). The number of morpholine rings is 1.